The van der Waals surface area contributed by atoms with Gasteiger partial charge in [0.05, 0.1) is 10.2 Å². The average molecular weight is 191 g/mol. The van der Waals surface area contributed by atoms with Gasteiger partial charge in [0.25, 0.3) is 0 Å². The number of nitrogens with zero attached hydrogens (tertiary/aromatic N) is 1. The van der Waals surface area contributed by atoms with Crippen LogP contribution in [0.2, 0.25) is 0 Å². The van der Waals surface area contributed by atoms with Crippen molar-refractivity contribution in [1.82, 2.24) is 4.98 Å². The van der Waals surface area contributed by atoms with E-state index < -0.39 is 0 Å². The van der Waals surface area contributed by atoms with Crippen molar-refractivity contribution in [3.8, 4) is 0 Å². The van der Waals surface area contributed by atoms with E-state index in [1.165, 1.54) is 0 Å². The first kappa shape index (κ1) is 8.38. The highest BCUT2D eigenvalue weighted by atomic mass is 32.1. The maximum absolute atomic E-state index is 11.2. The highest BCUT2D eigenvalue weighted by molar-refractivity contribution is 7.17. The van der Waals surface area contributed by atoms with E-state index >= 15 is 0 Å². The minimum absolute atomic E-state index is 0.0836. The summed E-state index contributed by atoms with van der Waals surface area (Å²) in [4.78, 5) is 15.5. The summed E-state index contributed by atoms with van der Waals surface area (Å²) >= 11 is 1.61. The Bertz CT molecular complexity index is 473. The summed E-state index contributed by atoms with van der Waals surface area (Å²) in [6.07, 6.45) is 0. The Morgan fingerprint density at radius 3 is 3.00 bits per heavy atom. The Morgan fingerprint density at radius 1 is 1.54 bits per heavy atom. The van der Waals surface area contributed by atoms with Crippen molar-refractivity contribution in [3.05, 3.63) is 28.8 Å². The van der Waals surface area contributed by atoms with Crippen molar-refractivity contribution in [2.24, 2.45) is 0 Å². The van der Waals surface area contributed by atoms with Gasteiger partial charge in [-0.2, -0.15) is 0 Å². The highest BCUT2D eigenvalue weighted by Gasteiger charge is 2.07. The quantitative estimate of drug-likeness (QED) is 0.649. The molecule has 0 unspecified atom stereocenters. The number of carbonyl (C=O) groups is 1. The smallest absolute Gasteiger partial charge is 0.161 e. The number of aromatic nitrogens is 1. The molecule has 2 nitrogen and oxygen atoms in total. The van der Waals surface area contributed by atoms with Gasteiger partial charge < -0.3 is 0 Å². The molecule has 0 radical (unpaired) electrons. The second-order valence-electron chi connectivity index (χ2n) is 2.98. The summed E-state index contributed by atoms with van der Waals surface area (Å²) in [7, 11) is 0. The minimum Gasteiger partial charge on any atom is -0.294 e. The van der Waals surface area contributed by atoms with E-state index in [4.69, 9.17) is 0 Å². The van der Waals surface area contributed by atoms with E-state index in [-0.39, 0.29) is 5.78 Å². The second-order valence-corrected chi connectivity index (χ2v) is 3.93. The lowest BCUT2D eigenvalue weighted by Crippen LogP contribution is -1.97. The number of ketones is 1. The van der Waals surface area contributed by atoms with Crippen molar-refractivity contribution in [2.45, 2.75) is 13.8 Å². The third-order valence-electron chi connectivity index (χ3n) is 2.01. The monoisotopic (exact) mass is 191 g/mol. The number of Topliss-reactive ketones (excluding diaryl/α,β-unsaturated/α-hetero) is 1. The molecule has 0 saturated heterocycles. The molecular formula is C10H9NOS. The minimum atomic E-state index is 0.0836. The van der Waals surface area contributed by atoms with E-state index in [1.807, 2.05) is 24.4 Å². The number of hydrogen-bond acceptors (Lipinski definition) is 3. The number of pyridine rings is 1. The largest absolute Gasteiger partial charge is 0.294 e. The molecule has 3 heteroatoms. The Hall–Kier alpha value is -1.22. The molecule has 0 fully saturated rings. The third-order valence-corrected chi connectivity index (χ3v) is 2.86. The average Bonchev–Trinajstić information content (AvgIpc) is 2.48. The zero-order chi connectivity index (χ0) is 9.42. The van der Waals surface area contributed by atoms with E-state index in [0.29, 0.717) is 0 Å². The van der Waals surface area contributed by atoms with Crippen LogP contribution >= 0.6 is 11.3 Å². The Kier molecular flexibility index (Phi) is 1.88. The number of aryl methyl sites for hydroxylation is 1. The summed E-state index contributed by atoms with van der Waals surface area (Å²) in [5, 5.41) is 1.99. The van der Waals surface area contributed by atoms with Crippen molar-refractivity contribution in [1.29, 1.82) is 0 Å². The lowest BCUT2D eigenvalue weighted by molar-refractivity contribution is 0.101. The van der Waals surface area contributed by atoms with Crippen molar-refractivity contribution in [2.75, 3.05) is 0 Å². The van der Waals surface area contributed by atoms with Crippen LogP contribution in [0.5, 0.6) is 0 Å². The van der Waals surface area contributed by atoms with Gasteiger partial charge in [-0.1, -0.05) is 0 Å². The zero-order valence-electron chi connectivity index (χ0n) is 7.50. The molecule has 2 rings (SSSR count). The first-order chi connectivity index (χ1) is 6.18. The predicted octanol–water partition coefficient (Wildman–Crippen LogP) is 2.81. The molecule has 0 aliphatic heterocycles. The lowest BCUT2D eigenvalue weighted by Gasteiger charge is -2.00. The summed E-state index contributed by atoms with van der Waals surface area (Å²) in [5.74, 6) is 0.0836. The topological polar surface area (TPSA) is 30.0 Å². The summed E-state index contributed by atoms with van der Waals surface area (Å²) in [5.41, 5.74) is 2.53. The first-order valence-corrected chi connectivity index (χ1v) is 4.92. The van der Waals surface area contributed by atoms with Crippen molar-refractivity contribution >= 4 is 27.3 Å². The normalized spacial score (nSPS) is 10.6. The second kappa shape index (κ2) is 2.92. The molecule has 2 aromatic heterocycles. The molecule has 0 saturated carbocycles. The van der Waals surface area contributed by atoms with Gasteiger partial charge >= 0.3 is 0 Å². The van der Waals surface area contributed by atoms with E-state index in [2.05, 4.69) is 4.98 Å². The van der Waals surface area contributed by atoms with Gasteiger partial charge in [-0.05, 0) is 31.4 Å². The number of thiophene rings is 1. The van der Waals surface area contributed by atoms with Crippen LogP contribution in [0.4, 0.5) is 0 Å². The molecule has 13 heavy (non-hydrogen) atoms. The van der Waals surface area contributed by atoms with Crippen LogP contribution in [0, 0.1) is 6.92 Å². The standard InChI is InChI=1S/C10H9NOS/c1-6-8(7(2)12)5-10-9(11-6)3-4-13-10/h3-5H,1-2H3. The number of hydrogen-bond donors (Lipinski definition) is 0. The van der Waals surface area contributed by atoms with Crippen molar-refractivity contribution < 1.29 is 4.79 Å². The summed E-state index contributed by atoms with van der Waals surface area (Å²) in [6.45, 7) is 3.44. The van der Waals surface area contributed by atoms with E-state index in [9.17, 15) is 4.79 Å². The summed E-state index contributed by atoms with van der Waals surface area (Å²) in [6, 6.07) is 3.89. The highest BCUT2D eigenvalue weighted by Crippen LogP contribution is 2.21. The molecular weight excluding hydrogens is 182 g/mol. The SMILES string of the molecule is CC(=O)c1cc2sccc2nc1C. The Morgan fingerprint density at radius 2 is 2.31 bits per heavy atom. The lowest BCUT2D eigenvalue weighted by atomic mass is 10.1. The molecule has 0 atom stereocenters. The van der Waals surface area contributed by atoms with Gasteiger partial charge in [-0.15, -0.1) is 11.3 Å². The fraction of sp³-hybridized carbons (Fsp3) is 0.200. The fourth-order valence-electron chi connectivity index (χ4n) is 1.35. The Balaban J connectivity index is 2.76. The molecule has 0 N–H and O–H groups in total. The van der Waals surface area contributed by atoms with Gasteiger partial charge in [0, 0.05) is 11.3 Å². The molecule has 0 spiro atoms. The zero-order valence-corrected chi connectivity index (χ0v) is 8.31. The van der Waals surface area contributed by atoms with Crippen LogP contribution in [0.1, 0.15) is 23.0 Å². The maximum Gasteiger partial charge on any atom is 0.161 e. The molecule has 66 valence electrons. The van der Waals surface area contributed by atoms with Gasteiger partial charge in [-0.3, -0.25) is 9.78 Å². The number of fused-ring (bicyclic) bond motifs is 1. The van der Waals surface area contributed by atoms with Crippen LogP contribution in [-0.4, -0.2) is 10.8 Å². The van der Waals surface area contributed by atoms with Crippen molar-refractivity contribution in [3.63, 3.8) is 0 Å². The molecule has 0 aliphatic carbocycles. The van der Waals surface area contributed by atoms with Crippen LogP contribution in [0.15, 0.2) is 17.5 Å². The Labute approximate surface area is 80.2 Å². The van der Waals surface area contributed by atoms with Gasteiger partial charge in [0.1, 0.15) is 0 Å². The van der Waals surface area contributed by atoms with Crippen LogP contribution < -0.4 is 0 Å². The molecule has 2 aromatic rings. The van der Waals surface area contributed by atoms with Gasteiger partial charge in [0.15, 0.2) is 5.78 Å². The van der Waals surface area contributed by atoms with Crippen LogP contribution in [0.25, 0.3) is 10.2 Å². The molecule has 0 aromatic carbocycles. The van der Waals surface area contributed by atoms with E-state index in [0.717, 1.165) is 21.5 Å². The van der Waals surface area contributed by atoms with Gasteiger partial charge in [-0.25, -0.2) is 0 Å². The first-order valence-electron chi connectivity index (χ1n) is 4.04. The molecule has 0 bridgehead atoms. The fourth-order valence-corrected chi connectivity index (χ4v) is 2.11. The third kappa shape index (κ3) is 1.35. The predicted molar refractivity (Wildman–Crippen MR) is 54.4 cm³/mol. The molecule has 0 amide bonds. The van der Waals surface area contributed by atoms with Crippen LogP contribution in [-0.2, 0) is 0 Å². The number of rotatable bonds is 1. The van der Waals surface area contributed by atoms with Crippen LogP contribution in [0.3, 0.4) is 0 Å². The van der Waals surface area contributed by atoms with Gasteiger partial charge in [0.2, 0.25) is 0 Å². The van der Waals surface area contributed by atoms with E-state index in [1.54, 1.807) is 18.3 Å². The number of carbonyl (C=O) groups excluding carboxylic acids is 1. The molecule has 0 aliphatic rings. The summed E-state index contributed by atoms with van der Waals surface area (Å²) < 4.78 is 1.08. The molecule has 2 heterocycles. The maximum atomic E-state index is 11.2.